The molecule has 0 unspecified atom stereocenters. The fourth-order valence-electron chi connectivity index (χ4n) is 1.69. The van der Waals surface area contributed by atoms with Crippen molar-refractivity contribution in [3.63, 3.8) is 0 Å². The molecule has 1 aromatic heterocycles. The predicted octanol–water partition coefficient (Wildman–Crippen LogP) is 3.18. The van der Waals surface area contributed by atoms with Crippen molar-refractivity contribution < 1.29 is 9.53 Å². The number of rotatable bonds is 6. The molecule has 0 aliphatic rings. The largest absolute Gasteiger partial charge is 0.385 e. The van der Waals surface area contributed by atoms with E-state index < -0.39 is 0 Å². The van der Waals surface area contributed by atoms with Crippen LogP contribution in [-0.4, -0.2) is 30.7 Å². The fourth-order valence-corrected chi connectivity index (χ4v) is 2.58. The van der Waals surface area contributed by atoms with Gasteiger partial charge in [0.15, 0.2) is 6.29 Å². The lowest BCUT2D eigenvalue weighted by Gasteiger charge is -2.06. The summed E-state index contributed by atoms with van der Waals surface area (Å²) >= 11 is 1.60. The summed E-state index contributed by atoms with van der Waals surface area (Å²) in [6.07, 6.45) is 1.83. The minimum absolute atomic E-state index is 0.663. The van der Waals surface area contributed by atoms with E-state index in [0.717, 1.165) is 41.0 Å². The van der Waals surface area contributed by atoms with E-state index in [-0.39, 0.29) is 0 Å². The summed E-state index contributed by atoms with van der Waals surface area (Å²) in [5, 5.41) is 1.81. The Morgan fingerprint density at radius 3 is 3.00 bits per heavy atom. The lowest BCUT2D eigenvalue weighted by molar-refractivity contribution is 0.112. The summed E-state index contributed by atoms with van der Waals surface area (Å²) in [6, 6.07) is 9.73. The molecule has 0 N–H and O–H groups in total. The highest BCUT2D eigenvalue weighted by atomic mass is 32.2. The molecule has 0 fully saturated rings. The standard InChI is InChI=1S/C14H15NO2S/c1-17-7-4-8-18-14-12(10-16)9-11-5-2-3-6-13(11)15-14/h2-3,5-6,9-10H,4,7-8H2,1H3. The van der Waals surface area contributed by atoms with Gasteiger partial charge in [-0.1, -0.05) is 18.2 Å². The Labute approximate surface area is 111 Å². The lowest BCUT2D eigenvalue weighted by Crippen LogP contribution is -1.95. The van der Waals surface area contributed by atoms with Crippen LogP contribution >= 0.6 is 11.8 Å². The van der Waals surface area contributed by atoms with Crippen LogP contribution in [0.4, 0.5) is 0 Å². The number of hydrogen-bond donors (Lipinski definition) is 0. The van der Waals surface area contributed by atoms with E-state index in [1.54, 1.807) is 18.9 Å². The van der Waals surface area contributed by atoms with Crippen molar-refractivity contribution in [1.29, 1.82) is 0 Å². The average molecular weight is 261 g/mol. The highest BCUT2D eigenvalue weighted by molar-refractivity contribution is 7.99. The number of pyridine rings is 1. The highest BCUT2D eigenvalue weighted by Gasteiger charge is 2.06. The predicted molar refractivity (Wildman–Crippen MR) is 74.3 cm³/mol. The normalized spacial score (nSPS) is 10.7. The quantitative estimate of drug-likeness (QED) is 0.455. The van der Waals surface area contributed by atoms with Gasteiger partial charge in [-0.3, -0.25) is 4.79 Å². The van der Waals surface area contributed by atoms with Gasteiger partial charge in [0, 0.05) is 30.4 Å². The van der Waals surface area contributed by atoms with E-state index in [1.807, 2.05) is 30.3 Å². The topological polar surface area (TPSA) is 39.2 Å². The number of hydrogen-bond acceptors (Lipinski definition) is 4. The van der Waals surface area contributed by atoms with Gasteiger partial charge in [-0.25, -0.2) is 4.98 Å². The molecule has 0 spiro atoms. The zero-order chi connectivity index (χ0) is 12.8. The summed E-state index contributed by atoms with van der Waals surface area (Å²) in [7, 11) is 1.69. The summed E-state index contributed by atoms with van der Waals surface area (Å²) in [5.74, 6) is 0.903. The molecule has 0 saturated carbocycles. The molecule has 4 heteroatoms. The molecule has 0 amide bonds. The SMILES string of the molecule is COCCCSc1nc2ccccc2cc1C=O. The molecule has 2 aromatic rings. The van der Waals surface area contributed by atoms with E-state index in [1.165, 1.54) is 0 Å². The number of nitrogens with zero attached hydrogens (tertiary/aromatic N) is 1. The van der Waals surface area contributed by atoms with Crippen molar-refractivity contribution in [3.8, 4) is 0 Å². The number of carbonyl (C=O) groups excluding carboxylic acids is 1. The minimum atomic E-state index is 0.663. The maximum atomic E-state index is 11.1. The number of carbonyl (C=O) groups is 1. The smallest absolute Gasteiger partial charge is 0.152 e. The second kappa shape index (κ2) is 6.52. The zero-order valence-corrected chi connectivity index (χ0v) is 11.1. The highest BCUT2D eigenvalue weighted by Crippen LogP contribution is 2.24. The maximum absolute atomic E-state index is 11.1. The average Bonchev–Trinajstić information content (AvgIpc) is 2.42. The third-order valence-electron chi connectivity index (χ3n) is 2.58. The molecule has 3 nitrogen and oxygen atoms in total. The van der Waals surface area contributed by atoms with Gasteiger partial charge in [0.1, 0.15) is 5.03 Å². The minimum Gasteiger partial charge on any atom is -0.385 e. The van der Waals surface area contributed by atoms with Gasteiger partial charge < -0.3 is 4.74 Å². The van der Waals surface area contributed by atoms with Crippen LogP contribution in [0, 0.1) is 0 Å². The Morgan fingerprint density at radius 1 is 1.39 bits per heavy atom. The number of fused-ring (bicyclic) bond motifs is 1. The zero-order valence-electron chi connectivity index (χ0n) is 10.3. The first-order valence-electron chi connectivity index (χ1n) is 5.82. The molecule has 0 radical (unpaired) electrons. The van der Waals surface area contributed by atoms with Crippen molar-refractivity contribution in [2.24, 2.45) is 0 Å². The number of benzene rings is 1. The molecule has 1 aromatic carbocycles. The number of ether oxygens (including phenoxy) is 1. The summed E-state index contributed by atoms with van der Waals surface area (Å²) in [5.41, 5.74) is 1.59. The van der Waals surface area contributed by atoms with Gasteiger partial charge in [-0.15, -0.1) is 11.8 Å². The number of aldehydes is 1. The van der Waals surface area contributed by atoms with Crippen LogP contribution < -0.4 is 0 Å². The van der Waals surface area contributed by atoms with Gasteiger partial charge in [0.25, 0.3) is 0 Å². The van der Waals surface area contributed by atoms with Crippen LogP contribution in [0.3, 0.4) is 0 Å². The second-order valence-electron chi connectivity index (χ2n) is 3.89. The first-order chi connectivity index (χ1) is 8.85. The van der Waals surface area contributed by atoms with E-state index in [9.17, 15) is 4.79 Å². The van der Waals surface area contributed by atoms with E-state index in [0.29, 0.717) is 5.56 Å². The molecule has 0 aliphatic heterocycles. The van der Waals surface area contributed by atoms with Gasteiger partial charge in [-0.2, -0.15) is 0 Å². The van der Waals surface area contributed by atoms with Crippen LogP contribution in [-0.2, 0) is 4.74 Å². The lowest BCUT2D eigenvalue weighted by atomic mass is 10.2. The van der Waals surface area contributed by atoms with Crippen LogP contribution in [0.1, 0.15) is 16.8 Å². The van der Waals surface area contributed by atoms with Crippen molar-refractivity contribution >= 4 is 29.0 Å². The summed E-state index contributed by atoms with van der Waals surface area (Å²) in [4.78, 5) is 15.6. The molecule has 2 rings (SSSR count). The molecule has 0 aliphatic carbocycles. The molecule has 0 bridgehead atoms. The Kier molecular flexibility index (Phi) is 4.73. The first-order valence-corrected chi connectivity index (χ1v) is 6.80. The Morgan fingerprint density at radius 2 is 2.22 bits per heavy atom. The van der Waals surface area contributed by atoms with Crippen molar-refractivity contribution in [3.05, 3.63) is 35.9 Å². The Hall–Kier alpha value is -1.39. The van der Waals surface area contributed by atoms with Gasteiger partial charge in [0.2, 0.25) is 0 Å². The molecule has 94 valence electrons. The molecule has 1 heterocycles. The number of para-hydroxylation sites is 1. The molecule has 18 heavy (non-hydrogen) atoms. The number of aromatic nitrogens is 1. The van der Waals surface area contributed by atoms with E-state index in [2.05, 4.69) is 4.98 Å². The Balaban J connectivity index is 2.22. The number of thioether (sulfide) groups is 1. The third-order valence-corrected chi connectivity index (χ3v) is 3.67. The van der Waals surface area contributed by atoms with E-state index >= 15 is 0 Å². The molecular formula is C14H15NO2S. The van der Waals surface area contributed by atoms with Crippen molar-refractivity contribution in [2.75, 3.05) is 19.5 Å². The maximum Gasteiger partial charge on any atom is 0.152 e. The van der Waals surface area contributed by atoms with Gasteiger partial charge in [-0.05, 0) is 18.6 Å². The van der Waals surface area contributed by atoms with E-state index in [4.69, 9.17) is 4.74 Å². The summed E-state index contributed by atoms with van der Waals surface area (Å²) in [6.45, 7) is 0.733. The third kappa shape index (κ3) is 3.09. The first kappa shape index (κ1) is 13.1. The van der Waals surface area contributed by atoms with Crippen LogP contribution in [0.2, 0.25) is 0 Å². The van der Waals surface area contributed by atoms with Crippen LogP contribution in [0.25, 0.3) is 10.9 Å². The molecule has 0 atom stereocenters. The van der Waals surface area contributed by atoms with Crippen molar-refractivity contribution in [2.45, 2.75) is 11.4 Å². The molecular weight excluding hydrogens is 246 g/mol. The second-order valence-corrected chi connectivity index (χ2v) is 4.97. The van der Waals surface area contributed by atoms with Crippen molar-refractivity contribution in [1.82, 2.24) is 4.98 Å². The van der Waals surface area contributed by atoms with Crippen LogP contribution in [0.5, 0.6) is 0 Å². The fraction of sp³-hybridized carbons (Fsp3) is 0.286. The van der Waals surface area contributed by atoms with Crippen LogP contribution in [0.15, 0.2) is 35.4 Å². The monoisotopic (exact) mass is 261 g/mol. The van der Waals surface area contributed by atoms with Gasteiger partial charge >= 0.3 is 0 Å². The number of methoxy groups -OCH3 is 1. The molecule has 0 saturated heterocycles. The van der Waals surface area contributed by atoms with Gasteiger partial charge in [0.05, 0.1) is 5.52 Å². The Bertz CT molecular complexity index is 542. The summed E-state index contributed by atoms with van der Waals surface area (Å²) < 4.78 is 5.00.